The van der Waals surface area contributed by atoms with Crippen molar-refractivity contribution in [2.75, 3.05) is 17.7 Å². The highest BCUT2D eigenvalue weighted by Crippen LogP contribution is 2.26. The molecule has 1 fully saturated rings. The molecular weight excluding hydrogens is 426 g/mol. The van der Waals surface area contributed by atoms with Crippen molar-refractivity contribution in [2.45, 2.75) is 57.7 Å². The van der Waals surface area contributed by atoms with Gasteiger partial charge in [-0.1, -0.05) is 0 Å². The van der Waals surface area contributed by atoms with Crippen LogP contribution in [0.1, 0.15) is 56.2 Å². The van der Waals surface area contributed by atoms with E-state index in [2.05, 4.69) is 41.4 Å². The fraction of sp³-hybridized carbons (Fsp3) is 0.476. The number of nitrogens with zero attached hydrogens (tertiary/aromatic N) is 5. The Morgan fingerprint density at radius 3 is 2.52 bits per heavy atom. The van der Waals surface area contributed by atoms with E-state index in [0.717, 1.165) is 12.8 Å². The number of hydrogen-bond donors (Lipinski definition) is 4. The molecule has 33 heavy (non-hydrogen) atoms. The first-order valence-electron chi connectivity index (χ1n) is 10.5. The quantitative estimate of drug-likeness (QED) is 0.508. The van der Waals surface area contributed by atoms with Crippen LogP contribution in [0.5, 0.6) is 0 Å². The molecule has 2 heterocycles. The first-order valence-corrected chi connectivity index (χ1v) is 10.5. The lowest BCUT2D eigenvalue weighted by molar-refractivity contribution is 0.0505. The van der Waals surface area contributed by atoms with E-state index in [1.807, 2.05) is 26.8 Å². The average Bonchev–Trinajstić information content (AvgIpc) is 3.19. The summed E-state index contributed by atoms with van der Waals surface area (Å²) in [5, 5.41) is 28.7. The van der Waals surface area contributed by atoms with Gasteiger partial charge in [-0.05, 0) is 40.0 Å². The molecule has 0 bridgehead atoms. The fourth-order valence-electron chi connectivity index (χ4n) is 3.37. The van der Waals surface area contributed by atoms with E-state index in [4.69, 9.17) is 10.00 Å². The maximum absolute atomic E-state index is 12.3. The molecule has 2 aromatic heterocycles. The van der Waals surface area contributed by atoms with Crippen LogP contribution >= 0.6 is 0 Å². The maximum atomic E-state index is 12.3. The predicted octanol–water partition coefficient (Wildman–Crippen LogP) is 2.10. The molecule has 0 saturated heterocycles. The summed E-state index contributed by atoms with van der Waals surface area (Å²) in [6.07, 6.45) is 4.53. The van der Waals surface area contributed by atoms with Gasteiger partial charge in [0.1, 0.15) is 17.5 Å². The smallest absolute Gasteiger partial charge is 0.407 e. The van der Waals surface area contributed by atoms with E-state index >= 15 is 0 Å². The van der Waals surface area contributed by atoms with Crippen molar-refractivity contribution in [3.8, 4) is 6.07 Å². The Balaban J connectivity index is 1.70. The molecule has 2 amide bonds. The number of amides is 2. The highest BCUT2D eigenvalue weighted by atomic mass is 16.6. The van der Waals surface area contributed by atoms with Crippen LogP contribution in [0.15, 0.2) is 18.5 Å². The lowest BCUT2D eigenvalue weighted by Gasteiger charge is -2.22. The third kappa shape index (κ3) is 6.73. The van der Waals surface area contributed by atoms with Gasteiger partial charge in [-0.3, -0.25) is 4.79 Å². The normalized spacial score (nSPS) is 17.5. The lowest BCUT2D eigenvalue weighted by Crippen LogP contribution is -2.38. The van der Waals surface area contributed by atoms with Gasteiger partial charge >= 0.3 is 6.09 Å². The van der Waals surface area contributed by atoms with E-state index in [1.54, 1.807) is 6.07 Å². The SMILES string of the molecule is CNC(=O)c1nnc(Nc2cnc(C#N)cn2)cc1N[C@@H]1CC[C@@H](NC(=O)OC(C)(C)C)C1. The first-order chi connectivity index (χ1) is 15.7. The molecule has 12 heteroatoms. The molecule has 0 aromatic carbocycles. The Labute approximate surface area is 191 Å². The summed E-state index contributed by atoms with van der Waals surface area (Å²) >= 11 is 0. The summed E-state index contributed by atoms with van der Waals surface area (Å²) in [4.78, 5) is 32.4. The van der Waals surface area contributed by atoms with Gasteiger partial charge in [0.25, 0.3) is 5.91 Å². The summed E-state index contributed by atoms with van der Waals surface area (Å²) in [6, 6.07) is 3.54. The lowest BCUT2D eigenvalue weighted by atomic mass is 10.2. The van der Waals surface area contributed by atoms with Gasteiger partial charge in [-0.2, -0.15) is 5.26 Å². The molecule has 1 aliphatic carbocycles. The number of hydrogen-bond acceptors (Lipinski definition) is 10. The van der Waals surface area contributed by atoms with Crippen LogP contribution in [0.4, 0.5) is 22.1 Å². The van der Waals surface area contributed by atoms with Crippen molar-refractivity contribution >= 4 is 29.3 Å². The van der Waals surface area contributed by atoms with Crippen molar-refractivity contribution in [3.05, 3.63) is 29.8 Å². The molecular formula is C21H27N9O3. The molecule has 3 rings (SSSR count). The van der Waals surface area contributed by atoms with Gasteiger partial charge in [0.2, 0.25) is 0 Å². The van der Waals surface area contributed by atoms with Crippen LogP contribution < -0.4 is 21.3 Å². The van der Waals surface area contributed by atoms with Crippen molar-refractivity contribution in [1.29, 1.82) is 5.26 Å². The summed E-state index contributed by atoms with van der Waals surface area (Å²) in [7, 11) is 1.52. The number of nitrogens with one attached hydrogen (secondary N) is 4. The second kappa shape index (κ2) is 10.1. The molecule has 1 aliphatic rings. The zero-order valence-corrected chi connectivity index (χ0v) is 19.0. The third-order valence-electron chi connectivity index (χ3n) is 4.77. The number of aromatic nitrogens is 4. The minimum absolute atomic E-state index is 0.0140. The third-order valence-corrected chi connectivity index (χ3v) is 4.77. The van der Waals surface area contributed by atoms with E-state index in [1.165, 1.54) is 19.4 Å². The molecule has 174 valence electrons. The number of carbonyl (C=O) groups excluding carboxylic acids is 2. The van der Waals surface area contributed by atoms with Crippen molar-refractivity contribution in [1.82, 2.24) is 30.8 Å². The molecule has 2 aromatic rings. The molecule has 1 saturated carbocycles. The Bertz CT molecular complexity index is 1040. The molecule has 0 aliphatic heterocycles. The number of ether oxygens (including phenoxy) is 1. The predicted molar refractivity (Wildman–Crippen MR) is 120 cm³/mol. The first kappa shape index (κ1) is 23.6. The van der Waals surface area contributed by atoms with Gasteiger partial charge in [0.05, 0.1) is 18.1 Å². The molecule has 0 radical (unpaired) electrons. The van der Waals surface area contributed by atoms with Crippen LogP contribution in [0.2, 0.25) is 0 Å². The van der Waals surface area contributed by atoms with Crippen LogP contribution in [-0.2, 0) is 4.74 Å². The zero-order chi connectivity index (χ0) is 24.0. The Kier molecular flexibility index (Phi) is 7.22. The topological polar surface area (TPSA) is 167 Å². The molecule has 0 unspecified atom stereocenters. The van der Waals surface area contributed by atoms with Crippen molar-refractivity contribution in [3.63, 3.8) is 0 Å². The van der Waals surface area contributed by atoms with Crippen LogP contribution in [0.25, 0.3) is 0 Å². The zero-order valence-electron chi connectivity index (χ0n) is 19.0. The summed E-state index contributed by atoms with van der Waals surface area (Å²) < 4.78 is 5.33. The van der Waals surface area contributed by atoms with Gasteiger partial charge in [-0.25, -0.2) is 14.8 Å². The maximum Gasteiger partial charge on any atom is 0.407 e. The average molecular weight is 454 g/mol. The highest BCUT2D eigenvalue weighted by molar-refractivity contribution is 5.97. The number of anilines is 3. The number of nitriles is 1. The van der Waals surface area contributed by atoms with Crippen LogP contribution in [0, 0.1) is 11.3 Å². The van der Waals surface area contributed by atoms with E-state index in [9.17, 15) is 9.59 Å². The van der Waals surface area contributed by atoms with Crippen molar-refractivity contribution in [2.24, 2.45) is 0 Å². The largest absolute Gasteiger partial charge is 0.444 e. The standard InChI is InChI=1S/C21H27N9O3/c1-21(2,3)33-20(32)27-13-6-5-12(7-13)26-15-8-16(29-30-18(15)19(31)23-4)28-17-11-24-14(9-22)10-25-17/h8,10-13H,5-7H2,1-4H3,(H,23,31)(H,27,32)(H2,25,26,28,29)/t12-,13-/m1/s1. The Morgan fingerprint density at radius 1 is 1.12 bits per heavy atom. The molecule has 0 spiro atoms. The van der Waals surface area contributed by atoms with Gasteiger partial charge < -0.3 is 26.0 Å². The molecule has 2 atom stereocenters. The number of alkyl carbamates (subject to hydrolysis) is 1. The van der Waals surface area contributed by atoms with Crippen molar-refractivity contribution < 1.29 is 14.3 Å². The fourth-order valence-corrected chi connectivity index (χ4v) is 3.37. The Morgan fingerprint density at radius 2 is 1.88 bits per heavy atom. The second-order valence-electron chi connectivity index (χ2n) is 8.59. The summed E-state index contributed by atoms with van der Waals surface area (Å²) in [5.41, 5.74) is 0.280. The minimum Gasteiger partial charge on any atom is -0.444 e. The second-order valence-corrected chi connectivity index (χ2v) is 8.59. The van der Waals surface area contributed by atoms with Crippen LogP contribution in [-0.4, -0.2) is 56.9 Å². The minimum atomic E-state index is -0.561. The van der Waals surface area contributed by atoms with Gasteiger partial charge in [0, 0.05) is 25.2 Å². The monoisotopic (exact) mass is 453 g/mol. The van der Waals surface area contributed by atoms with Gasteiger partial charge in [-0.15, -0.1) is 10.2 Å². The molecule has 4 N–H and O–H groups in total. The van der Waals surface area contributed by atoms with E-state index in [-0.39, 0.29) is 29.4 Å². The van der Waals surface area contributed by atoms with Crippen LogP contribution in [0.3, 0.4) is 0 Å². The number of rotatable bonds is 6. The van der Waals surface area contributed by atoms with Gasteiger partial charge in [0.15, 0.2) is 17.2 Å². The Hall–Kier alpha value is -4.01. The molecule has 12 nitrogen and oxygen atoms in total. The summed E-state index contributed by atoms with van der Waals surface area (Å²) in [5.74, 6) is 0.353. The highest BCUT2D eigenvalue weighted by Gasteiger charge is 2.29. The van der Waals surface area contributed by atoms with E-state index in [0.29, 0.717) is 23.7 Å². The van der Waals surface area contributed by atoms with E-state index < -0.39 is 11.7 Å². The number of carbonyl (C=O) groups is 2. The summed E-state index contributed by atoms with van der Waals surface area (Å²) in [6.45, 7) is 5.45.